The van der Waals surface area contributed by atoms with Crippen molar-refractivity contribution in [3.05, 3.63) is 40.4 Å². The van der Waals surface area contributed by atoms with Crippen LogP contribution < -0.4 is 5.32 Å². The first-order chi connectivity index (χ1) is 12.2. The Morgan fingerprint density at radius 1 is 1.19 bits per heavy atom. The van der Waals surface area contributed by atoms with Gasteiger partial charge in [-0.25, -0.2) is 0 Å². The average Bonchev–Trinajstić information content (AvgIpc) is 2.72. The summed E-state index contributed by atoms with van der Waals surface area (Å²) in [6.07, 6.45) is -2.83. The molecule has 1 aliphatic heterocycles. The standard InChI is InChI=1S/C19H25BF3NO3/c1-12-7-8-15(19(21,22)23)9-14(12)10-16(11-24-13(2)25)20-26-17(3,4)18(5,6)27-20/h7-10H,11H2,1-6H3,(H,24,25). The third kappa shape index (κ3) is 4.93. The number of amides is 1. The molecule has 1 amide bonds. The molecular formula is C19H25BF3NO3. The van der Waals surface area contributed by atoms with Crippen LogP contribution in [0.15, 0.2) is 23.7 Å². The van der Waals surface area contributed by atoms with Crippen LogP contribution in [0.5, 0.6) is 0 Å². The van der Waals surface area contributed by atoms with E-state index < -0.39 is 30.1 Å². The highest BCUT2D eigenvalue weighted by Gasteiger charge is 2.52. The maximum atomic E-state index is 13.1. The molecule has 0 saturated carbocycles. The first kappa shape index (κ1) is 21.5. The number of alkyl halides is 3. The van der Waals surface area contributed by atoms with Gasteiger partial charge in [-0.2, -0.15) is 13.2 Å². The Balaban J connectivity index is 2.45. The van der Waals surface area contributed by atoms with E-state index in [0.717, 1.165) is 12.1 Å². The molecule has 0 unspecified atom stereocenters. The van der Waals surface area contributed by atoms with E-state index in [1.807, 2.05) is 27.7 Å². The van der Waals surface area contributed by atoms with Gasteiger partial charge < -0.3 is 14.6 Å². The first-order valence-electron chi connectivity index (χ1n) is 8.71. The van der Waals surface area contributed by atoms with Crippen molar-refractivity contribution in [1.82, 2.24) is 5.32 Å². The van der Waals surface area contributed by atoms with Gasteiger partial charge in [0.15, 0.2) is 0 Å². The molecule has 0 aliphatic carbocycles. The maximum Gasteiger partial charge on any atom is 0.492 e. The molecule has 0 spiro atoms. The summed E-state index contributed by atoms with van der Waals surface area (Å²) in [5.41, 5.74) is -0.302. The number of carbonyl (C=O) groups excluding carboxylic acids is 1. The fraction of sp³-hybridized carbons (Fsp3) is 0.526. The van der Waals surface area contributed by atoms with Crippen LogP contribution in [-0.4, -0.2) is 30.8 Å². The lowest BCUT2D eigenvalue weighted by molar-refractivity contribution is -0.137. The fourth-order valence-corrected chi connectivity index (χ4v) is 2.60. The molecule has 1 fully saturated rings. The van der Waals surface area contributed by atoms with E-state index in [9.17, 15) is 18.0 Å². The highest BCUT2D eigenvalue weighted by atomic mass is 19.4. The van der Waals surface area contributed by atoms with Crippen LogP contribution in [0.3, 0.4) is 0 Å². The van der Waals surface area contributed by atoms with E-state index in [4.69, 9.17) is 9.31 Å². The van der Waals surface area contributed by atoms with E-state index in [0.29, 0.717) is 16.6 Å². The molecule has 8 heteroatoms. The van der Waals surface area contributed by atoms with Crippen molar-refractivity contribution in [2.24, 2.45) is 0 Å². The summed E-state index contributed by atoms with van der Waals surface area (Å²) in [6.45, 7) is 10.8. The molecule has 0 aromatic heterocycles. The van der Waals surface area contributed by atoms with E-state index in [1.54, 1.807) is 13.0 Å². The van der Waals surface area contributed by atoms with Gasteiger partial charge in [0.05, 0.1) is 16.8 Å². The molecule has 1 aromatic rings. The zero-order chi connectivity index (χ0) is 20.6. The molecule has 0 atom stereocenters. The summed E-state index contributed by atoms with van der Waals surface area (Å²) in [6, 6.07) is 3.57. The predicted octanol–water partition coefficient (Wildman–Crippen LogP) is 4.16. The molecule has 1 aromatic carbocycles. The largest absolute Gasteiger partial charge is 0.492 e. The van der Waals surface area contributed by atoms with Crippen molar-refractivity contribution in [1.29, 1.82) is 0 Å². The molecule has 1 saturated heterocycles. The smallest absolute Gasteiger partial charge is 0.400 e. The summed E-state index contributed by atoms with van der Waals surface area (Å²) in [5.74, 6) is -0.252. The van der Waals surface area contributed by atoms with E-state index >= 15 is 0 Å². The van der Waals surface area contributed by atoms with Gasteiger partial charge in [-0.15, -0.1) is 0 Å². The minimum atomic E-state index is -4.43. The van der Waals surface area contributed by atoms with E-state index in [2.05, 4.69) is 5.32 Å². The summed E-state index contributed by atoms with van der Waals surface area (Å²) >= 11 is 0. The Kier molecular flexibility index (Phi) is 5.83. The highest BCUT2D eigenvalue weighted by molar-refractivity contribution is 6.56. The molecular weight excluding hydrogens is 358 g/mol. The van der Waals surface area contributed by atoms with Crippen LogP contribution in [-0.2, 0) is 20.3 Å². The summed E-state index contributed by atoms with van der Waals surface area (Å²) in [7, 11) is -0.768. The van der Waals surface area contributed by atoms with Crippen LogP contribution >= 0.6 is 0 Å². The number of aryl methyl sites for hydroxylation is 1. The van der Waals surface area contributed by atoms with Crippen molar-refractivity contribution in [3.8, 4) is 0 Å². The van der Waals surface area contributed by atoms with Gasteiger partial charge >= 0.3 is 13.3 Å². The Morgan fingerprint density at radius 3 is 2.22 bits per heavy atom. The van der Waals surface area contributed by atoms with Crippen molar-refractivity contribution in [2.45, 2.75) is 58.9 Å². The normalized spacial score (nSPS) is 19.3. The van der Waals surface area contributed by atoms with Gasteiger partial charge in [-0.3, -0.25) is 4.79 Å². The van der Waals surface area contributed by atoms with Crippen LogP contribution in [0.1, 0.15) is 51.3 Å². The fourth-order valence-electron chi connectivity index (χ4n) is 2.60. The minimum Gasteiger partial charge on any atom is -0.400 e. The van der Waals surface area contributed by atoms with Crippen molar-refractivity contribution < 1.29 is 27.3 Å². The van der Waals surface area contributed by atoms with E-state index in [-0.39, 0.29) is 12.5 Å². The van der Waals surface area contributed by atoms with Crippen LogP contribution in [0.2, 0.25) is 0 Å². The SMILES string of the molecule is CC(=O)NCC(=Cc1cc(C(F)(F)F)ccc1C)B1OC(C)(C)C(C)(C)O1. The number of carbonyl (C=O) groups is 1. The van der Waals surface area contributed by atoms with Crippen LogP contribution in [0, 0.1) is 6.92 Å². The van der Waals surface area contributed by atoms with Gasteiger partial charge in [0, 0.05) is 13.5 Å². The van der Waals surface area contributed by atoms with Crippen LogP contribution in [0.4, 0.5) is 13.2 Å². The Hall–Kier alpha value is -1.80. The number of benzene rings is 1. The van der Waals surface area contributed by atoms with Crippen molar-refractivity contribution >= 4 is 19.1 Å². The Labute approximate surface area is 158 Å². The number of halogens is 3. The number of hydrogen-bond acceptors (Lipinski definition) is 3. The zero-order valence-electron chi connectivity index (χ0n) is 16.5. The number of rotatable bonds is 4. The molecule has 0 radical (unpaired) electrons. The number of nitrogens with one attached hydrogen (secondary N) is 1. The average molecular weight is 383 g/mol. The van der Waals surface area contributed by atoms with E-state index in [1.165, 1.54) is 13.0 Å². The second kappa shape index (κ2) is 7.32. The molecule has 148 valence electrons. The lowest BCUT2D eigenvalue weighted by Crippen LogP contribution is -2.41. The third-order valence-corrected chi connectivity index (χ3v) is 5.04. The second-order valence-corrected chi connectivity index (χ2v) is 7.79. The maximum absolute atomic E-state index is 13.1. The van der Waals surface area contributed by atoms with Gasteiger partial charge in [-0.1, -0.05) is 12.1 Å². The number of hydrogen-bond donors (Lipinski definition) is 1. The quantitative estimate of drug-likeness (QED) is 0.795. The molecule has 0 bridgehead atoms. The monoisotopic (exact) mass is 383 g/mol. The molecule has 1 heterocycles. The summed E-state index contributed by atoms with van der Waals surface area (Å²) in [4.78, 5) is 11.4. The molecule has 1 N–H and O–H groups in total. The van der Waals surface area contributed by atoms with Crippen LogP contribution in [0.25, 0.3) is 6.08 Å². The summed E-state index contributed by atoms with van der Waals surface area (Å²) in [5, 5.41) is 2.67. The second-order valence-electron chi connectivity index (χ2n) is 7.79. The molecule has 4 nitrogen and oxygen atoms in total. The topological polar surface area (TPSA) is 47.6 Å². The van der Waals surface area contributed by atoms with Gasteiger partial charge in [0.2, 0.25) is 5.91 Å². The predicted molar refractivity (Wildman–Crippen MR) is 98.9 cm³/mol. The first-order valence-corrected chi connectivity index (χ1v) is 8.71. The zero-order valence-corrected chi connectivity index (χ0v) is 16.5. The van der Waals surface area contributed by atoms with Crippen molar-refractivity contribution in [3.63, 3.8) is 0 Å². The van der Waals surface area contributed by atoms with Gasteiger partial charge in [0.25, 0.3) is 0 Å². The lowest BCUT2D eigenvalue weighted by atomic mass is 9.76. The third-order valence-electron chi connectivity index (χ3n) is 5.04. The molecule has 1 aliphatic rings. The highest BCUT2D eigenvalue weighted by Crippen LogP contribution is 2.39. The lowest BCUT2D eigenvalue weighted by Gasteiger charge is -2.32. The Bertz CT molecular complexity index is 741. The minimum absolute atomic E-state index is 0.113. The Morgan fingerprint density at radius 2 is 1.74 bits per heavy atom. The van der Waals surface area contributed by atoms with Gasteiger partial charge in [0.1, 0.15) is 0 Å². The van der Waals surface area contributed by atoms with Crippen molar-refractivity contribution in [2.75, 3.05) is 6.54 Å². The molecule has 27 heavy (non-hydrogen) atoms. The molecule has 2 rings (SSSR count). The summed E-state index contributed by atoms with van der Waals surface area (Å²) < 4.78 is 51.2. The van der Waals surface area contributed by atoms with Gasteiger partial charge in [-0.05, 0) is 63.4 Å².